The largest absolute Gasteiger partial charge is 0.480 e. The van der Waals surface area contributed by atoms with Crippen LogP contribution in [0.25, 0.3) is 0 Å². The smallest absolute Gasteiger partial charge is 0.472 e. The van der Waals surface area contributed by atoms with Crippen LogP contribution in [-0.4, -0.2) is 72.1 Å². The lowest BCUT2D eigenvalue weighted by Gasteiger charge is -2.20. The van der Waals surface area contributed by atoms with Crippen molar-refractivity contribution in [2.75, 3.05) is 19.8 Å². The third-order valence-electron chi connectivity index (χ3n) is 9.64. The number of carboxylic acid groups (broad SMARTS) is 1. The topological polar surface area (TPSA) is 184 Å². The number of carbonyl (C=O) groups excluding carboxylic acids is 2. The zero-order chi connectivity index (χ0) is 43.2. The first-order chi connectivity index (χ1) is 28.6. The monoisotopic (exact) mass is 852 g/mol. The van der Waals surface area contributed by atoms with Crippen LogP contribution in [0, 0.1) is 0 Å². The number of unbranched alkanes of at least 4 members (excludes halogenated alkanes) is 14. The molecule has 0 aromatic rings. The van der Waals surface area contributed by atoms with E-state index in [-0.39, 0.29) is 31.7 Å². The van der Waals surface area contributed by atoms with E-state index in [0.29, 0.717) is 19.3 Å². The fraction of sp³-hybridized carbons (Fsp3) is 0.717. The average molecular weight is 852 g/mol. The van der Waals surface area contributed by atoms with Crippen LogP contribution in [0.2, 0.25) is 0 Å². The highest BCUT2D eigenvalue weighted by Gasteiger charge is 2.36. The highest BCUT2D eigenvalue weighted by molar-refractivity contribution is 7.47. The number of aliphatic carboxylic acids is 1. The van der Waals surface area contributed by atoms with E-state index >= 15 is 0 Å². The van der Waals surface area contributed by atoms with Crippen molar-refractivity contribution in [3.8, 4) is 0 Å². The number of hydrogen-bond donors (Lipinski definition) is 3. The van der Waals surface area contributed by atoms with Crippen LogP contribution in [0.5, 0.6) is 0 Å². The first kappa shape index (κ1) is 54.2. The summed E-state index contributed by atoms with van der Waals surface area (Å²) >= 11 is 0. The number of allylic oxidation sites excluding steroid dienone is 8. The van der Waals surface area contributed by atoms with E-state index in [1.807, 2.05) is 6.08 Å². The molecular weight excluding hydrogens is 773 g/mol. The van der Waals surface area contributed by atoms with Gasteiger partial charge in [-0.3, -0.25) is 23.4 Å². The molecule has 0 aliphatic carbocycles. The maximum Gasteiger partial charge on any atom is 0.472 e. The molecule has 0 amide bonds. The van der Waals surface area contributed by atoms with E-state index in [1.54, 1.807) is 0 Å². The Kier molecular flexibility index (Phi) is 33.9. The molecule has 0 radical (unpaired) electrons. The lowest BCUT2D eigenvalue weighted by Crippen LogP contribution is -2.34. The molecular formula is C46H78NO11P. The Morgan fingerprint density at radius 1 is 0.610 bits per heavy atom. The minimum atomic E-state index is -4.74. The van der Waals surface area contributed by atoms with Crippen molar-refractivity contribution in [2.24, 2.45) is 5.73 Å². The van der Waals surface area contributed by atoms with Gasteiger partial charge in [0.05, 0.1) is 25.4 Å². The summed E-state index contributed by atoms with van der Waals surface area (Å²) in [6, 6.07) is -1.54. The van der Waals surface area contributed by atoms with Crippen LogP contribution in [0.4, 0.5) is 0 Å². The number of carboxylic acids is 1. The summed E-state index contributed by atoms with van der Waals surface area (Å²) in [5, 5.41) is 8.90. The highest BCUT2D eigenvalue weighted by atomic mass is 31.2. The molecule has 5 atom stereocenters. The number of nitrogens with two attached hydrogens (primary N) is 1. The molecule has 1 aliphatic heterocycles. The molecule has 12 nitrogen and oxygen atoms in total. The Morgan fingerprint density at radius 3 is 1.64 bits per heavy atom. The van der Waals surface area contributed by atoms with Gasteiger partial charge in [0, 0.05) is 12.8 Å². The van der Waals surface area contributed by atoms with Gasteiger partial charge in [0.15, 0.2) is 6.10 Å². The van der Waals surface area contributed by atoms with Crippen molar-refractivity contribution in [1.82, 2.24) is 0 Å². The molecule has 13 heteroatoms. The molecule has 59 heavy (non-hydrogen) atoms. The zero-order valence-corrected chi connectivity index (χ0v) is 37.2. The lowest BCUT2D eigenvalue weighted by atomic mass is 10.1. The third-order valence-corrected chi connectivity index (χ3v) is 10.6. The summed E-state index contributed by atoms with van der Waals surface area (Å²) in [5.74, 6) is -2.48. The summed E-state index contributed by atoms with van der Waals surface area (Å²) in [7, 11) is -4.74. The summed E-state index contributed by atoms with van der Waals surface area (Å²) < 4.78 is 38.4. The van der Waals surface area contributed by atoms with Crippen LogP contribution >= 0.6 is 7.82 Å². The van der Waals surface area contributed by atoms with Crippen LogP contribution in [-0.2, 0) is 42.2 Å². The van der Waals surface area contributed by atoms with Gasteiger partial charge >= 0.3 is 25.7 Å². The van der Waals surface area contributed by atoms with Gasteiger partial charge in [-0.05, 0) is 83.5 Å². The second-order valence-corrected chi connectivity index (χ2v) is 16.7. The van der Waals surface area contributed by atoms with Crippen molar-refractivity contribution in [2.45, 2.75) is 192 Å². The second-order valence-electron chi connectivity index (χ2n) is 15.2. The van der Waals surface area contributed by atoms with Crippen molar-refractivity contribution in [3.63, 3.8) is 0 Å². The first-order valence-electron chi connectivity index (χ1n) is 22.4. The normalized spacial score (nSPS) is 17.7. The van der Waals surface area contributed by atoms with E-state index in [9.17, 15) is 23.8 Å². The van der Waals surface area contributed by atoms with Crippen molar-refractivity contribution >= 4 is 25.7 Å². The van der Waals surface area contributed by atoms with E-state index < -0.39 is 51.1 Å². The second kappa shape index (κ2) is 36.9. The lowest BCUT2D eigenvalue weighted by molar-refractivity contribution is -0.161. The Bertz CT molecular complexity index is 1300. The molecule has 1 aliphatic rings. The number of esters is 2. The molecule has 0 bridgehead atoms. The maximum atomic E-state index is 12.7. The molecule has 1 rings (SSSR count). The van der Waals surface area contributed by atoms with Crippen LogP contribution in [0.15, 0.2) is 60.8 Å². The number of phosphoric ester groups is 1. The van der Waals surface area contributed by atoms with Crippen molar-refractivity contribution in [3.05, 3.63) is 60.8 Å². The van der Waals surface area contributed by atoms with Crippen LogP contribution in [0.3, 0.4) is 0 Å². The Labute approximate surface area is 355 Å². The summed E-state index contributed by atoms with van der Waals surface area (Å²) in [6.07, 6.45) is 44.5. The molecule has 4 N–H and O–H groups in total. The molecule has 1 heterocycles. The Hall–Kier alpha value is -2.86. The van der Waals surface area contributed by atoms with Crippen LogP contribution in [0.1, 0.15) is 168 Å². The molecule has 0 saturated carbocycles. The van der Waals surface area contributed by atoms with Gasteiger partial charge in [0.25, 0.3) is 0 Å². The molecule has 0 aromatic carbocycles. The molecule has 0 aromatic heterocycles. The summed E-state index contributed by atoms with van der Waals surface area (Å²) in [4.78, 5) is 46.0. The van der Waals surface area contributed by atoms with Gasteiger partial charge in [0.2, 0.25) is 0 Å². The maximum absolute atomic E-state index is 12.7. The van der Waals surface area contributed by atoms with Crippen LogP contribution < -0.4 is 5.73 Å². The molecule has 0 spiro atoms. The third kappa shape index (κ3) is 34.5. The molecule has 1 saturated heterocycles. The van der Waals surface area contributed by atoms with Gasteiger partial charge in [-0.1, -0.05) is 132 Å². The van der Waals surface area contributed by atoms with Crippen molar-refractivity contribution < 1.29 is 52.2 Å². The number of hydrogen-bond acceptors (Lipinski definition) is 10. The number of epoxide rings is 1. The van der Waals surface area contributed by atoms with Gasteiger partial charge < -0.3 is 29.9 Å². The minimum absolute atomic E-state index is 0.0729. The van der Waals surface area contributed by atoms with Gasteiger partial charge in [-0.25, -0.2) is 4.57 Å². The average Bonchev–Trinajstić information content (AvgIpc) is 3.97. The predicted octanol–water partition coefficient (Wildman–Crippen LogP) is 10.9. The SMILES string of the molecule is CCCCC/C=C\C/C=C\CCCCCCCCCC(=O)OC[C@H](COP(=O)(O)OC[C@H](N)C(=O)O)OC(=O)CCC/C=C\CC1OC1C/C=C\C/C=C\CCCCC. The number of rotatable bonds is 40. The fourth-order valence-corrected chi connectivity index (χ4v) is 6.73. The van der Waals surface area contributed by atoms with Crippen molar-refractivity contribution in [1.29, 1.82) is 0 Å². The van der Waals surface area contributed by atoms with Gasteiger partial charge in [-0.15, -0.1) is 0 Å². The zero-order valence-electron chi connectivity index (χ0n) is 36.3. The van der Waals surface area contributed by atoms with Gasteiger partial charge in [-0.2, -0.15) is 0 Å². The number of carbonyl (C=O) groups is 3. The van der Waals surface area contributed by atoms with E-state index in [1.165, 1.54) is 57.8 Å². The predicted molar refractivity (Wildman–Crippen MR) is 235 cm³/mol. The molecule has 3 unspecified atom stereocenters. The van der Waals surface area contributed by atoms with E-state index in [2.05, 4.69) is 73.1 Å². The first-order valence-corrected chi connectivity index (χ1v) is 23.9. The number of ether oxygens (including phenoxy) is 3. The quantitative estimate of drug-likeness (QED) is 0.0174. The molecule has 338 valence electrons. The Balaban J connectivity index is 2.33. The highest BCUT2D eigenvalue weighted by Crippen LogP contribution is 2.43. The summed E-state index contributed by atoms with van der Waals surface area (Å²) in [5.41, 5.74) is 5.33. The number of phosphoric acid groups is 1. The fourth-order valence-electron chi connectivity index (χ4n) is 5.95. The van der Waals surface area contributed by atoms with Gasteiger partial charge in [0.1, 0.15) is 12.6 Å². The molecule has 1 fully saturated rings. The standard InChI is InChI=1S/C46H78NO11P/c1-3-5-7-9-11-13-14-15-16-17-18-19-20-22-24-26-31-35-44(48)54-37-40(38-55-59(52,53)56-39-41(47)46(50)51)57-45(49)36-32-28-27-30-34-43-42(58-43)33-29-25-23-21-12-10-8-6-4-2/h11-13,15-16,21,25,27,29-30,40-43H,3-10,14,17-20,22-24,26,28,31-39,47H2,1-2H3,(H,50,51)(H,52,53)/b13-11-,16-15-,21-12-,29-25-,30-27-/t40-,41+,42?,43?/m1/s1. The minimum Gasteiger partial charge on any atom is -0.480 e. The summed E-state index contributed by atoms with van der Waals surface area (Å²) in [6.45, 7) is 2.66. The Morgan fingerprint density at radius 2 is 1.07 bits per heavy atom. The van der Waals surface area contributed by atoms with E-state index in [0.717, 1.165) is 64.2 Å². The van der Waals surface area contributed by atoms with E-state index in [4.69, 9.17) is 29.6 Å².